The van der Waals surface area contributed by atoms with Crippen molar-refractivity contribution < 1.29 is 9.90 Å². The number of halogens is 1. The molecule has 36 heavy (non-hydrogen) atoms. The van der Waals surface area contributed by atoms with E-state index in [0.717, 1.165) is 34.7 Å². The molecule has 5 rings (SSSR count). The van der Waals surface area contributed by atoms with Crippen molar-refractivity contribution in [2.24, 2.45) is 7.05 Å². The topological polar surface area (TPSA) is 100 Å². The quantitative estimate of drug-likeness (QED) is 0.383. The molecule has 186 valence electrons. The Morgan fingerprint density at radius 2 is 2.03 bits per heavy atom. The summed E-state index contributed by atoms with van der Waals surface area (Å²) in [6.07, 6.45) is 7.53. The van der Waals surface area contributed by atoms with E-state index in [1.807, 2.05) is 29.8 Å². The van der Waals surface area contributed by atoms with Crippen LogP contribution in [-0.2, 0) is 20.1 Å². The molecule has 0 radical (unpaired) electrons. The van der Waals surface area contributed by atoms with Crippen LogP contribution in [0.25, 0.3) is 10.2 Å². The van der Waals surface area contributed by atoms with E-state index in [0.29, 0.717) is 29.1 Å². The summed E-state index contributed by atoms with van der Waals surface area (Å²) in [5.74, 6) is -0.409. The van der Waals surface area contributed by atoms with Crippen LogP contribution in [0.2, 0.25) is 5.02 Å². The van der Waals surface area contributed by atoms with Gasteiger partial charge in [-0.25, -0.2) is 9.97 Å². The van der Waals surface area contributed by atoms with Gasteiger partial charge in [0.2, 0.25) is 5.43 Å². The third kappa shape index (κ3) is 5.05. The highest BCUT2D eigenvalue weighted by Gasteiger charge is 2.32. The molecule has 0 bridgehead atoms. The molecule has 0 aliphatic carbocycles. The lowest BCUT2D eigenvalue weighted by molar-refractivity contribution is 0.0688. The van der Waals surface area contributed by atoms with Crippen LogP contribution in [0.15, 0.2) is 60.0 Å². The summed E-state index contributed by atoms with van der Waals surface area (Å²) in [6, 6.07) is 9.03. The molecule has 10 heteroatoms. The standard InChI is InChI=1S/C26H26ClN5O3S/c1-31-14-21(25(35)30-10-16-4-6-18(27)7-5-16)24(34)20-9-19(36-26(20)31)13-32-8-2-3-22(32)23(33)17-11-28-15-29-12-17/h4-7,9,11-12,14-15,22-23,33H,2-3,8,10,13H2,1H3,(H,30,35)/t22-,23?/m1/s1. The van der Waals surface area contributed by atoms with Gasteiger partial charge in [-0.2, -0.15) is 0 Å². The number of likely N-dealkylation sites (tertiary alicyclic amines) is 1. The monoisotopic (exact) mass is 523 g/mol. The van der Waals surface area contributed by atoms with Gasteiger partial charge in [-0.1, -0.05) is 23.7 Å². The lowest BCUT2D eigenvalue weighted by atomic mass is 10.0. The van der Waals surface area contributed by atoms with Gasteiger partial charge in [0.05, 0.1) is 11.5 Å². The van der Waals surface area contributed by atoms with Crippen molar-refractivity contribution in [2.75, 3.05) is 6.54 Å². The Morgan fingerprint density at radius 3 is 2.78 bits per heavy atom. The van der Waals surface area contributed by atoms with Crippen molar-refractivity contribution in [1.82, 2.24) is 24.8 Å². The van der Waals surface area contributed by atoms with Crippen LogP contribution in [0.4, 0.5) is 0 Å². The summed E-state index contributed by atoms with van der Waals surface area (Å²) in [4.78, 5) is 38.2. The maximum absolute atomic E-state index is 13.2. The largest absolute Gasteiger partial charge is 0.387 e. The van der Waals surface area contributed by atoms with E-state index in [2.05, 4.69) is 20.2 Å². The predicted octanol–water partition coefficient (Wildman–Crippen LogP) is 3.67. The van der Waals surface area contributed by atoms with Crippen LogP contribution in [0.5, 0.6) is 0 Å². The fourth-order valence-corrected chi connectivity index (χ4v) is 5.96. The number of pyridine rings is 1. The van der Waals surface area contributed by atoms with E-state index in [4.69, 9.17) is 11.6 Å². The molecule has 4 aromatic rings. The van der Waals surface area contributed by atoms with Crippen LogP contribution in [0.1, 0.15) is 45.3 Å². The SMILES string of the molecule is Cn1cc(C(=O)NCc2ccc(Cl)cc2)c(=O)c2cc(CN3CCC[C@@H]3C(O)c3cncnc3)sc21. The second-order valence-corrected chi connectivity index (χ2v) is 10.6. The zero-order chi connectivity index (χ0) is 25.2. The molecule has 2 atom stereocenters. The highest BCUT2D eigenvalue weighted by Crippen LogP contribution is 2.32. The minimum Gasteiger partial charge on any atom is -0.387 e. The number of fused-ring (bicyclic) bond motifs is 1. The highest BCUT2D eigenvalue weighted by molar-refractivity contribution is 7.18. The molecular formula is C26H26ClN5O3S. The molecule has 0 spiro atoms. The number of aryl methyl sites for hydroxylation is 1. The van der Waals surface area contributed by atoms with Crippen LogP contribution >= 0.6 is 22.9 Å². The summed E-state index contributed by atoms with van der Waals surface area (Å²) < 4.78 is 1.83. The molecule has 1 aliphatic rings. The van der Waals surface area contributed by atoms with Gasteiger partial charge in [0, 0.05) is 60.2 Å². The minimum absolute atomic E-state index is 0.0455. The fraction of sp³-hybridized carbons (Fsp3) is 0.308. The first-order valence-electron chi connectivity index (χ1n) is 11.7. The van der Waals surface area contributed by atoms with E-state index < -0.39 is 12.0 Å². The van der Waals surface area contributed by atoms with Crippen LogP contribution in [0, 0.1) is 0 Å². The lowest BCUT2D eigenvalue weighted by Crippen LogP contribution is -2.33. The molecule has 0 saturated carbocycles. The molecule has 1 unspecified atom stereocenters. The molecule has 8 nitrogen and oxygen atoms in total. The zero-order valence-electron chi connectivity index (χ0n) is 19.7. The predicted molar refractivity (Wildman–Crippen MR) is 140 cm³/mol. The van der Waals surface area contributed by atoms with Gasteiger partial charge in [0.25, 0.3) is 5.91 Å². The molecule has 1 aliphatic heterocycles. The smallest absolute Gasteiger partial charge is 0.257 e. The first kappa shape index (κ1) is 24.6. The molecule has 2 N–H and O–H groups in total. The summed E-state index contributed by atoms with van der Waals surface area (Å²) in [5, 5.41) is 14.9. The first-order chi connectivity index (χ1) is 17.4. The van der Waals surface area contributed by atoms with Crippen LogP contribution < -0.4 is 10.7 Å². The van der Waals surface area contributed by atoms with Crippen LogP contribution in [0.3, 0.4) is 0 Å². The normalized spacial score (nSPS) is 16.9. The molecule has 1 saturated heterocycles. The molecule has 3 aromatic heterocycles. The number of amides is 1. The van der Waals surface area contributed by atoms with Crippen molar-refractivity contribution in [3.63, 3.8) is 0 Å². The number of hydrogen-bond acceptors (Lipinski definition) is 7. The second-order valence-electron chi connectivity index (χ2n) is 9.02. The molecular weight excluding hydrogens is 498 g/mol. The van der Waals surface area contributed by atoms with Gasteiger partial charge in [-0.15, -0.1) is 11.3 Å². The first-order valence-corrected chi connectivity index (χ1v) is 12.9. The van der Waals surface area contributed by atoms with Crippen molar-refractivity contribution >= 4 is 39.1 Å². The Bertz CT molecular complexity index is 1440. The number of carbonyl (C=O) groups excluding carboxylic acids is 1. The van der Waals surface area contributed by atoms with E-state index >= 15 is 0 Å². The van der Waals surface area contributed by atoms with Crippen molar-refractivity contribution in [2.45, 2.75) is 38.1 Å². The number of thiophene rings is 1. The van der Waals surface area contributed by atoms with Gasteiger partial charge in [0.1, 0.15) is 16.7 Å². The number of benzene rings is 1. The molecule has 1 amide bonds. The number of carbonyl (C=O) groups is 1. The fourth-order valence-electron chi connectivity index (χ4n) is 4.72. The van der Waals surface area contributed by atoms with E-state index in [1.54, 1.807) is 30.7 Å². The van der Waals surface area contributed by atoms with E-state index in [1.165, 1.54) is 17.7 Å². The van der Waals surface area contributed by atoms with Gasteiger partial charge < -0.3 is 15.0 Å². The average molecular weight is 524 g/mol. The number of nitrogens with zero attached hydrogens (tertiary/aromatic N) is 4. The van der Waals surface area contributed by atoms with Crippen molar-refractivity contribution in [1.29, 1.82) is 0 Å². The lowest BCUT2D eigenvalue weighted by Gasteiger charge is -2.28. The van der Waals surface area contributed by atoms with Gasteiger partial charge in [0.15, 0.2) is 0 Å². The summed E-state index contributed by atoms with van der Waals surface area (Å²) in [7, 11) is 1.84. The third-order valence-corrected chi connectivity index (χ3v) is 8.03. The van der Waals surface area contributed by atoms with E-state index in [-0.39, 0.29) is 17.0 Å². The maximum atomic E-state index is 13.2. The van der Waals surface area contributed by atoms with Crippen LogP contribution in [-0.4, -0.2) is 43.0 Å². The Balaban J connectivity index is 1.34. The molecule has 1 fully saturated rings. The Hall–Kier alpha value is -3.11. The van der Waals surface area contributed by atoms with Gasteiger partial charge in [-0.05, 0) is 43.1 Å². The Morgan fingerprint density at radius 1 is 1.28 bits per heavy atom. The summed E-state index contributed by atoms with van der Waals surface area (Å²) >= 11 is 7.46. The second kappa shape index (κ2) is 10.5. The number of nitrogens with one attached hydrogen (secondary N) is 1. The van der Waals surface area contributed by atoms with E-state index in [9.17, 15) is 14.7 Å². The zero-order valence-corrected chi connectivity index (χ0v) is 21.3. The highest BCUT2D eigenvalue weighted by atomic mass is 35.5. The Labute approximate surface area is 217 Å². The number of rotatable bonds is 7. The maximum Gasteiger partial charge on any atom is 0.257 e. The molecule has 4 heterocycles. The number of aliphatic hydroxyl groups is 1. The summed E-state index contributed by atoms with van der Waals surface area (Å²) in [6.45, 7) is 1.78. The average Bonchev–Trinajstić information content (AvgIpc) is 3.54. The van der Waals surface area contributed by atoms with Crippen molar-refractivity contribution in [3.8, 4) is 0 Å². The summed E-state index contributed by atoms with van der Waals surface area (Å²) in [5.41, 5.74) is 1.43. The van der Waals surface area contributed by atoms with Gasteiger partial charge in [-0.3, -0.25) is 14.5 Å². The number of aliphatic hydroxyl groups excluding tert-OH is 1. The minimum atomic E-state index is -0.676. The third-order valence-electron chi connectivity index (χ3n) is 6.57. The Kier molecular flexibility index (Phi) is 7.15. The number of aromatic nitrogens is 3. The number of hydrogen-bond donors (Lipinski definition) is 2. The molecule has 1 aromatic carbocycles. The van der Waals surface area contributed by atoms with Gasteiger partial charge >= 0.3 is 0 Å². The van der Waals surface area contributed by atoms with Crippen molar-refractivity contribution in [3.05, 3.63) is 92.1 Å².